The van der Waals surface area contributed by atoms with Gasteiger partial charge in [-0.1, -0.05) is 0 Å². The number of hydrogen-bond donors (Lipinski definition) is 0. The van der Waals surface area contributed by atoms with Crippen LogP contribution in [-0.4, -0.2) is 26.7 Å². The molecular weight excluding hydrogens is 436 g/mol. The Labute approximate surface area is 195 Å². The Balaban J connectivity index is 1.21. The molecule has 4 aliphatic rings. The number of amides is 1. The van der Waals surface area contributed by atoms with Crippen molar-refractivity contribution in [3.63, 3.8) is 0 Å². The van der Waals surface area contributed by atoms with Gasteiger partial charge in [-0.05, 0) is 72.9 Å². The zero-order valence-corrected chi connectivity index (χ0v) is 18.4. The summed E-state index contributed by atoms with van der Waals surface area (Å²) in [7, 11) is 0. The van der Waals surface area contributed by atoms with E-state index in [9.17, 15) is 13.6 Å². The highest BCUT2D eigenvalue weighted by Crippen LogP contribution is 2.53. The molecule has 3 saturated carbocycles. The number of imidazole rings is 1. The first-order valence-corrected chi connectivity index (χ1v) is 11.7. The molecule has 2 bridgehead atoms. The third-order valence-corrected chi connectivity index (χ3v) is 7.83. The van der Waals surface area contributed by atoms with Crippen LogP contribution in [0.3, 0.4) is 0 Å². The average Bonchev–Trinajstić information content (AvgIpc) is 3.44. The van der Waals surface area contributed by atoms with E-state index in [1.807, 2.05) is 12.4 Å². The zero-order chi connectivity index (χ0) is 23.4. The maximum Gasteiger partial charge on any atom is 0.246 e. The lowest BCUT2D eigenvalue weighted by Crippen LogP contribution is -2.49. The van der Waals surface area contributed by atoms with Crippen LogP contribution in [0.4, 0.5) is 8.78 Å². The van der Waals surface area contributed by atoms with Crippen molar-refractivity contribution < 1.29 is 13.6 Å². The van der Waals surface area contributed by atoms with Crippen LogP contribution in [0.5, 0.6) is 0 Å². The van der Waals surface area contributed by atoms with Crippen LogP contribution in [0, 0.1) is 46.6 Å². The lowest BCUT2D eigenvalue weighted by molar-refractivity contribution is -0.147. The Morgan fingerprint density at radius 2 is 1.88 bits per heavy atom. The van der Waals surface area contributed by atoms with Gasteiger partial charge < -0.3 is 4.57 Å². The number of carbonyl (C=O) groups excluding carboxylic acids is 1. The van der Waals surface area contributed by atoms with Gasteiger partial charge in [0, 0.05) is 31.2 Å². The predicted octanol–water partition coefficient (Wildman–Crippen LogP) is 4.81. The molecule has 2 heterocycles. The maximum atomic E-state index is 13.8. The second-order valence-electron chi connectivity index (χ2n) is 9.74. The maximum absolute atomic E-state index is 13.8. The smallest absolute Gasteiger partial charge is 0.246 e. The summed E-state index contributed by atoms with van der Waals surface area (Å²) in [4.78, 5) is 18.1. The predicted molar refractivity (Wildman–Crippen MR) is 121 cm³/mol. The van der Waals surface area contributed by atoms with Crippen molar-refractivity contribution in [2.24, 2.45) is 28.8 Å². The van der Waals surface area contributed by atoms with E-state index in [0.29, 0.717) is 35.3 Å². The zero-order valence-electron chi connectivity index (χ0n) is 18.4. The van der Waals surface area contributed by atoms with E-state index in [0.717, 1.165) is 42.9 Å². The van der Waals surface area contributed by atoms with E-state index in [1.54, 1.807) is 18.3 Å². The molecule has 8 heteroatoms. The van der Waals surface area contributed by atoms with E-state index in [2.05, 4.69) is 20.7 Å². The Bertz CT molecular complexity index is 1330. The number of hydrogen-bond acceptors (Lipinski definition) is 4. The summed E-state index contributed by atoms with van der Waals surface area (Å²) in [6, 6.07) is 10.6. The highest BCUT2D eigenvalue weighted by atomic mass is 19.1. The molecule has 6 nitrogen and oxygen atoms in total. The van der Waals surface area contributed by atoms with Gasteiger partial charge in [-0.25, -0.2) is 18.8 Å². The van der Waals surface area contributed by atoms with Crippen molar-refractivity contribution in [1.29, 1.82) is 5.26 Å². The molecule has 172 valence electrons. The lowest BCUT2D eigenvalue weighted by Gasteiger charge is -2.51. The van der Waals surface area contributed by atoms with Crippen molar-refractivity contribution >= 4 is 23.2 Å². The van der Waals surface area contributed by atoms with Gasteiger partial charge in [0.15, 0.2) is 0 Å². The molecule has 1 aromatic heterocycles. The fourth-order valence-corrected chi connectivity index (χ4v) is 6.03. The minimum Gasteiger partial charge on any atom is -0.330 e. The number of rotatable bonds is 4. The van der Waals surface area contributed by atoms with E-state index in [1.165, 1.54) is 17.1 Å². The average molecular weight is 460 g/mol. The Kier molecular flexibility index (Phi) is 4.94. The summed E-state index contributed by atoms with van der Waals surface area (Å²) in [5.41, 5.74) is 2.80. The number of hydrazone groups is 1. The molecule has 1 amide bonds. The number of nitriles is 1. The Morgan fingerprint density at radius 1 is 1.09 bits per heavy atom. The molecule has 2 aromatic carbocycles. The van der Waals surface area contributed by atoms with E-state index >= 15 is 0 Å². The highest BCUT2D eigenvalue weighted by molar-refractivity contribution is 5.82. The SMILES string of the molecule is N#Cc1ccc2c(c1)ncn2CC1C[C@H](C(=O)N2N=CCC2c2cc(F)cc(F)c2)C2CC1C2. The first kappa shape index (κ1) is 21.0. The normalized spacial score (nSPS) is 27.6. The van der Waals surface area contributed by atoms with Gasteiger partial charge in [-0.2, -0.15) is 10.4 Å². The molecule has 3 atom stereocenters. The van der Waals surface area contributed by atoms with Crippen LogP contribution < -0.4 is 0 Å². The van der Waals surface area contributed by atoms with Crippen LogP contribution in [0.1, 0.15) is 42.9 Å². The first-order chi connectivity index (χ1) is 16.5. The third kappa shape index (κ3) is 3.47. The molecule has 2 unspecified atom stereocenters. The number of halogens is 2. The van der Waals surface area contributed by atoms with Crippen molar-refractivity contribution in [3.05, 3.63) is 65.5 Å². The van der Waals surface area contributed by atoms with Gasteiger partial charge >= 0.3 is 0 Å². The number of nitrogens with zero attached hydrogens (tertiary/aromatic N) is 5. The Hall–Kier alpha value is -3.60. The molecule has 0 saturated heterocycles. The highest BCUT2D eigenvalue weighted by Gasteiger charge is 2.50. The van der Waals surface area contributed by atoms with Crippen LogP contribution in [-0.2, 0) is 11.3 Å². The van der Waals surface area contributed by atoms with Crippen molar-refractivity contribution in [2.75, 3.05) is 0 Å². The van der Waals surface area contributed by atoms with Crippen LogP contribution in [0.25, 0.3) is 11.0 Å². The fourth-order valence-electron chi connectivity index (χ4n) is 6.03. The van der Waals surface area contributed by atoms with Gasteiger partial charge in [-0.3, -0.25) is 4.79 Å². The lowest BCUT2D eigenvalue weighted by atomic mass is 9.55. The first-order valence-electron chi connectivity index (χ1n) is 11.7. The topological polar surface area (TPSA) is 74.3 Å². The number of aromatic nitrogens is 2. The minimum absolute atomic E-state index is 0.0503. The summed E-state index contributed by atoms with van der Waals surface area (Å²) in [5.74, 6) is -0.237. The fraction of sp³-hybridized carbons (Fsp3) is 0.385. The molecular formula is C26H23F2N5O. The number of fused-ring (bicyclic) bond motifs is 3. The molecule has 3 fully saturated rings. The van der Waals surface area contributed by atoms with Crippen LogP contribution in [0.15, 0.2) is 47.8 Å². The number of benzene rings is 2. The summed E-state index contributed by atoms with van der Waals surface area (Å²) in [6.45, 7) is 0.769. The number of carbonyl (C=O) groups is 1. The molecule has 3 aliphatic carbocycles. The quantitative estimate of drug-likeness (QED) is 0.562. The van der Waals surface area contributed by atoms with Gasteiger partial charge in [-0.15, -0.1) is 0 Å². The van der Waals surface area contributed by atoms with Gasteiger partial charge in [0.2, 0.25) is 5.91 Å². The molecule has 3 aromatic rings. The van der Waals surface area contributed by atoms with Crippen molar-refractivity contribution in [3.8, 4) is 6.07 Å². The summed E-state index contributed by atoms with van der Waals surface area (Å²) in [6.07, 6.45) is 6.71. The molecule has 0 N–H and O–H groups in total. The minimum atomic E-state index is -0.650. The van der Waals surface area contributed by atoms with Gasteiger partial charge in [0.05, 0.1) is 35.0 Å². The molecule has 1 aliphatic heterocycles. The van der Waals surface area contributed by atoms with Crippen molar-refractivity contribution in [1.82, 2.24) is 14.6 Å². The third-order valence-electron chi connectivity index (χ3n) is 7.83. The molecule has 0 spiro atoms. The van der Waals surface area contributed by atoms with Crippen molar-refractivity contribution in [2.45, 2.75) is 38.3 Å². The second kappa shape index (κ2) is 8.01. The largest absolute Gasteiger partial charge is 0.330 e. The van der Waals surface area contributed by atoms with E-state index in [-0.39, 0.29) is 11.8 Å². The molecule has 0 radical (unpaired) electrons. The standard InChI is InChI=1S/C26H23F2N5O/c27-20-8-18(9-21(28)11-20)24-3-4-31-33(24)26(34)22-10-19(16-6-17(22)7-16)13-32-14-30-23-5-15(12-29)1-2-25(23)32/h1-2,4-5,8-9,11,14,16-17,19,22,24H,3,6-7,10,13H2/t16?,17?,19?,22-,24?/m0/s1. The van der Waals surface area contributed by atoms with E-state index in [4.69, 9.17) is 5.26 Å². The monoisotopic (exact) mass is 459 g/mol. The summed E-state index contributed by atoms with van der Waals surface area (Å²) in [5, 5.41) is 14.9. The summed E-state index contributed by atoms with van der Waals surface area (Å²) >= 11 is 0. The Morgan fingerprint density at radius 3 is 2.65 bits per heavy atom. The van der Waals surface area contributed by atoms with Crippen LogP contribution >= 0.6 is 0 Å². The van der Waals surface area contributed by atoms with Gasteiger partial charge in [0.25, 0.3) is 0 Å². The van der Waals surface area contributed by atoms with Crippen LogP contribution in [0.2, 0.25) is 0 Å². The second-order valence-corrected chi connectivity index (χ2v) is 9.74. The molecule has 7 rings (SSSR count). The summed E-state index contributed by atoms with van der Waals surface area (Å²) < 4.78 is 29.7. The van der Waals surface area contributed by atoms with Gasteiger partial charge in [0.1, 0.15) is 11.6 Å². The van der Waals surface area contributed by atoms with E-state index < -0.39 is 17.7 Å². The molecule has 34 heavy (non-hydrogen) atoms.